The number of sulfonamides is 1. The molecule has 0 amide bonds. The zero-order valence-corrected chi connectivity index (χ0v) is 15.6. The fraction of sp³-hybridized carbons (Fsp3) is 0.368. The van der Waals surface area contributed by atoms with Gasteiger partial charge in [-0.15, -0.1) is 0 Å². The number of methoxy groups -OCH3 is 1. The van der Waals surface area contributed by atoms with Crippen molar-refractivity contribution in [1.82, 2.24) is 4.72 Å². The lowest BCUT2D eigenvalue weighted by Gasteiger charge is -2.23. The topological polar surface area (TPSA) is 75.6 Å². The average molecular weight is 363 g/mol. The van der Waals surface area contributed by atoms with Crippen molar-refractivity contribution in [1.29, 1.82) is 0 Å². The minimum atomic E-state index is -3.69. The predicted molar refractivity (Wildman–Crippen MR) is 98.3 cm³/mol. The molecule has 5 nitrogen and oxygen atoms in total. The van der Waals surface area contributed by atoms with E-state index < -0.39 is 15.6 Å². The maximum Gasteiger partial charge on any atom is 0.240 e. The quantitative estimate of drug-likeness (QED) is 0.756. The van der Waals surface area contributed by atoms with Gasteiger partial charge < -0.3 is 9.84 Å². The molecular weight excluding hydrogens is 338 g/mol. The lowest BCUT2D eigenvalue weighted by molar-refractivity contribution is 0.0565. The van der Waals surface area contributed by atoms with Gasteiger partial charge in [0, 0.05) is 6.54 Å². The largest absolute Gasteiger partial charge is 0.496 e. The van der Waals surface area contributed by atoms with Gasteiger partial charge in [-0.3, -0.25) is 0 Å². The summed E-state index contributed by atoms with van der Waals surface area (Å²) in [7, 11) is -2.15. The fourth-order valence-corrected chi connectivity index (χ4v) is 3.75. The summed E-state index contributed by atoms with van der Waals surface area (Å²) in [4.78, 5) is 0.157. The highest BCUT2D eigenvalue weighted by Gasteiger charge is 2.24. The maximum absolute atomic E-state index is 12.4. The molecule has 0 saturated carbocycles. The first-order valence-corrected chi connectivity index (χ1v) is 9.62. The number of hydrogen-bond acceptors (Lipinski definition) is 4. The van der Waals surface area contributed by atoms with Gasteiger partial charge in [0.15, 0.2) is 0 Å². The Labute approximate surface area is 149 Å². The molecule has 0 fully saturated rings. The molecule has 2 aromatic rings. The van der Waals surface area contributed by atoms with Crippen LogP contribution >= 0.6 is 0 Å². The average Bonchev–Trinajstić information content (AvgIpc) is 2.59. The first-order chi connectivity index (χ1) is 11.7. The van der Waals surface area contributed by atoms with Gasteiger partial charge >= 0.3 is 0 Å². The Morgan fingerprint density at radius 3 is 2.44 bits per heavy atom. The van der Waals surface area contributed by atoms with E-state index in [9.17, 15) is 13.5 Å². The van der Waals surface area contributed by atoms with Gasteiger partial charge in [0.05, 0.1) is 17.6 Å². The Balaban J connectivity index is 1.99. The van der Waals surface area contributed by atoms with Crippen molar-refractivity contribution in [2.75, 3.05) is 13.7 Å². The van der Waals surface area contributed by atoms with Crippen LogP contribution in [0.25, 0.3) is 0 Å². The van der Waals surface area contributed by atoms with Crippen LogP contribution < -0.4 is 9.46 Å². The van der Waals surface area contributed by atoms with Crippen LogP contribution in [0.4, 0.5) is 0 Å². The Morgan fingerprint density at radius 2 is 1.84 bits per heavy atom. The molecule has 0 bridgehead atoms. The lowest BCUT2D eigenvalue weighted by atomic mass is 9.97. The van der Waals surface area contributed by atoms with Gasteiger partial charge in [-0.05, 0) is 56.0 Å². The van der Waals surface area contributed by atoms with E-state index in [1.807, 2.05) is 30.3 Å². The van der Waals surface area contributed by atoms with Gasteiger partial charge in [-0.25, -0.2) is 13.1 Å². The minimum Gasteiger partial charge on any atom is -0.496 e. The molecule has 0 aliphatic carbocycles. The number of nitrogens with one attached hydrogen (secondary N) is 1. The molecule has 0 spiro atoms. The van der Waals surface area contributed by atoms with Crippen LogP contribution in [0.5, 0.6) is 5.75 Å². The summed E-state index contributed by atoms with van der Waals surface area (Å²) >= 11 is 0. The van der Waals surface area contributed by atoms with E-state index in [0.717, 1.165) is 11.1 Å². The van der Waals surface area contributed by atoms with Crippen LogP contribution in [0.2, 0.25) is 0 Å². The molecule has 0 aliphatic rings. The minimum absolute atomic E-state index is 0.0484. The molecule has 0 heterocycles. The van der Waals surface area contributed by atoms with Crippen molar-refractivity contribution in [3.63, 3.8) is 0 Å². The third-order valence-electron chi connectivity index (χ3n) is 4.11. The predicted octanol–water partition coefficient (Wildman–Crippen LogP) is 2.67. The first-order valence-electron chi connectivity index (χ1n) is 8.14. The van der Waals surface area contributed by atoms with Crippen LogP contribution in [0.1, 0.15) is 24.5 Å². The molecule has 25 heavy (non-hydrogen) atoms. The number of hydrogen-bond donors (Lipinski definition) is 2. The van der Waals surface area contributed by atoms with Crippen molar-refractivity contribution >= 4 is 10.0 Å². The summed E-state index contributed by atoms with van der Waals surface area (Å²) in [6.45, 7) is 3.37. The molecule has 2 N–H and O–H groups in total. The number of rotatable bonds is 8. The first kappa shape index (κ1) is 19.4. The van der Waals surface area contributed by atoms with Crippen LogP contribution in [0, 0.1) is 6.92 Å². The zero-order chi connectivity index (χ0) is 18.5. The van der Waals surface area contributed by atoms with E-state index in [1.54, 1.807) is 33.1 Å². The van der Waals surface area contributed by atoms with E-state index >= 15 is 0 Å². The second-order valence-corrected chi connectivity index (χ2v) is 8.21. The normalized spacial score (nSPS) is 14.1. The van der Waals surface area contributed by atoms with E-state index in [1.165, 1.54) is 6.07 Å². The molecule has 2 aromatic carbocycles. The Bertz CT molecular complexity index is 801. The lowest BCUT2D eigenvalue weighted by Crippen LogP contribution is -2.40. The second-order valence-electron chi connectivity index (χ2n) is 6.44. The summed E-state index contributed by atoms with van der Waals surface area (Å²) in [6, 6.07) is 14.5. The molecule has 1 unspecified atom stereocenters. The molecule has 0 aromatic heterocycles. The van der Waals surface area contributed by atoms with Crippen LogP contribution in [0.15, 0.2) is 53.4 Å². The van der Waals surface area contributed by atoms with Gasteiger partial charge in [0.2, 0.25) is 10.0 Å². The van der Waals surface area contributed by atoms with Crippen LogP contribution in [0.3, 0.4) is 0 Å². The van der Waals surface area contributed by atoms with Gasteiger partial charge in [-0.1, -0.05) is 30.3 Å². The molecule has 0 aliphatic heterocycles. The van der Waals surface area contributed by atoms with Crippen molar-refractivity contribution < 1.29 is 18.3 Å². The fourth-order valence-electron chi connectivity index (χ4n) is 2.50. The number of benzene rings is 2. The van der Waals surface area contributed by atoms with Crippen LogP contribution in [-0.2, 0) is 16.4 Å². The highest BCUT2D eigenvalue weighted by Crippen LogP contribution is 2.22. The summed E-state index contributed by atoms with van der Waals surface area (Å²) < 4.78 is 32.5. The molecular formula is C19H25NO4S. The smallest absolute Gasteiger partial charge is 0.240 e. The molecule has 0 radical (unpaired) electrons. The zero-order valence-electron chi connectivity index (χ0n) is 14.8. The van der Waals surface area contributed by atoms with Gasteiger partial charge in [0.25, 0.3) is 0 Å². The van der Waals surface area contributed by atoms with E-state index in [0.29, 0.717) is 18.6 Å². The molecule has 6 heteroatoms. The van der Waals surface area contributed by atoms with Gasteiger partial charge in [-0.2, -0.15) is 0 Å². The molecule has 1 atom stereocenters. The third kappa shape index (κ3) is 5.56. The van der Waals surface area contributed by atoms with E-state index in [2.05, 4.69) is 4.72 Å². The van der Waals surface area contributed by atoms with Crippen molar-refractivity contribution in [3.8, 4) is 5.75 Å². The number of aryl methyl sites for hydroxylation is 2. The van der Waals surface area contributed by atoms with E-state index in [-0.39, 0.29) is 11.4 Å². The Hall–Kier alpha value is -1.89. The highest BCUT2D eigenvalue weighted by atomic mass is 32.2. The summed E-state index contributed by atoms with van der Waals surface area (Å²) in [6.07, 6.45) is 1.14. The molecule has 136 valence electrons. The van der Waals surface area contributed by atoms with Crippen molar-refractivity contribution in [2.24, 2.45) is 0 Å². The monoisotopic (exact) mass is 363 g/mol. The standard InChI is InChI=1S/C19H25NO4S/c1-15-13-17(9-10-18(15)24-3)25(22,23)20-14-19(2,21)12-11-16-7-5-4-6-8-16/h4-10,13,20-21H,11-12,14H2,1-3H3. The Kier molecular flexibility index (Phi) is 6.21. The van der Waals surface area contributed by atoms with Crippen molar-refractivity contribution in [2.45, 2.75) is 37.2 Å². The third-order valence-corrected chi connectivity index (χ3v) is 5.51. The molecule has 2 rings (SSSR count). The summed E-state index contributed by atoms with van der Waals surface area (Å²) in [5, 5.41) is 10.5. The highest BCUT2D eigenvalue weighted by molar-refractivity contribution is 7.89. The SMILES string of the molecule is COc1ccc(S(=O)(=O)NCC(C)(O)CCc2ccccc2)cc1C. The number of aliphatic hydroxyl groups is 1. The summed E-state index contributed by atoms with van der Waals surface area (Å²) in [5.41, 5.74) is 0.711. The van der Waals surface area contributed by atoms with Crippen molar-refractivity contribution in [3.05, 3.63) is 59.7 Å². The maximum atomic E-state index is 12.4. The second kappa shape index (κ2) is 7.99. The van der Waals surface area contributed by atoms with E-state index in [4.69, 9.17) is 4.74 Å². The molecule has 0 saturated heterocycles. The summed E-state index contributed by atoms with van der Waals surface area (Å²) in [5.74, 6) is 0.633. The van der Waals surface area contributed by atoms with Gasteiger partial charge in [0.1, 0.15) is 5.75 Å². The van der Waals surface area contributed by atoms with Crippen LogP contribution in [-0.4, -0.2) is 32.8 Å². The Morgan fingerprint density at radius 1 is 1.16 bits per heavy atom. The number of ether oxygens (including phenoxy) is 1.